The Hall–Kier alpha value is -0.770. The number of hydrogen-bond acceptors (Lipinski definition) is 2. The maximum absolute atomic E-state index is 11.9. The molecule has 1 unspecified atom stereocenters. The van der Waals surface area contributed by atoms with Gasteiger partial charge in [-0.15, -0.1) is 23.2 Å². The first-order chi connectivity index (χ1) is 7.70. The maximum Gasteiger partial charge on any atom is 0.248 e. The van der Waals surface area contributed by atoms with Crippen LogP contribution in [-0.2, 0) is 9.53 Å². The predicted molar refractivity (Wildman–Crippen MR) is 66.2 cm³/mol. The van der Waals surface area contributed by atoms with Gasteiger partial charge >= 0.3 is 0 Å². The summed E-state index contributed by atoms with van der Waals surface area (Å²) >= 11 is 11.4. The van der Waals surface area contributed by atoms with Crippen molar-refractivity contribution in [2.75, 3.05) is 24.6 Å². The number of methoxy groups -OCH3 is 1. The van der Waals surface area contributed by atoms with Gasteiger partial charge < -0.3 is 4.74 Å². The van der Waals surface area contributed by atoms with Gasteiger partial charge in [0.2, 0.25) is 5.91 Å². The molecule has 1 rings (SSSR count). The predicted octanol–water partition coefficient (Wildman–Crippen LogP) is 2.47. The highest BCUT2D eigenvalue weighted by molar-refractivity contribution is 6.37. The first-order valence-corrected chi connectivity index (χ1v) is 5.73. The van der Waals surface area contributed by atoms with E-state index in [0.29, 0.717) is 0 Å². The molecule has 16 heavy (non-hydrogen) atoms. The van der Waals surface area contributed by atoms with Crippen molar-refractivity contribution < 1.29 is 9.53 Å². The van der Waals surface area contributed by atoms with E-state index in [1.165, 1.54) is 12.0 Å². The van der Waals surface area contributed by atoms with Crippen molar-refractivity contribution in [2.24, 2.45) is 0 Å². The van der Waals surface area contributed by atoms with E-state index in [4.69, 9.17) is 27.9 Å². The number of amides is 1. The molecule has 0 fully saturated rings. The molecule has 3 nitrogen and oxygen atoms in total. The smallest absolute Gasteiger partial charge is 0.248 e. The second-order valence-electron chi connectivity index (χ2n) is 3.14. The molecule has 0 aliphatic carbocycles. The molecule has 1 aromatic carbocycles. The second kappa shape index (κ2) is 6.74. The average Bonchev–Trinajstić information content (AvgIpc) is 2.35. The highest BCUT2D eigenvalue weighted by atomic mass is 35.5. The van der Waals surface area contributed by atoms with Gasteiger partial charge in [-0.05, 0) is 12.1 Å². The van der Waals surface area contributed by atoms with Gasteiger partial charge in [-0.2, -0.15) is 0 Å². The first-order valence-electron chi connectivity index (χ1n) is 4.76. The first kappa shape index (κ1) is 13.3. The molecule has 1 aromatic rings. The molecule has 0 aliphatic heterocycles. The third-order valence-electron chi connectivity index (χ3n) is 2.00. The van der Waals surface area contributed by atoms with E-state index in [2.05, 4.69) is 0 Å². The Kier molecular flexibility index (Phi) is 5.60. The molecular weight excluding hydrogens is 249 g/mol. The molecule has 0 aromatic heterocycles. The number of ether oxygens (including phenoxy) is 1. The molecule has 0 aliphatic rings. The number of alkyl halides is 2. The summed E-state index contributed by atoms with van der Waals surface area (Å²) in [7, 11) is 1.52. The van der Waals surface area contributed by atoms with Crippen LogP contribution in [0.1, 0.15) is 0 Å². The van der Waals surface area contributed by atoms with Crippen LogP contribution >= 0.6 is 23.2 Å². The van der Waals surface area contributed by atoms with Gasteiger partial charge in [-0.3, -0.25) is 9.69 Å². The van der Waals surface area contributed by atoms with E-state index in [9.17, 15) is 4.79 Å². The van der Waals surface area contributed by atoms with Crippen LogP contribution in [0.15, 0.2) is 30.3 Å². The third-order valence-corrected chi connectivity index (χ3v) is 2.80. The van der Waals surface area contributed by atoms with Crippen LogP contribution in [0.25, 0.3) is 0 Å². The number of hydrogen-bond donors (Lipinski definition) is 0. The van der Waals surface area contributed by atoms with Crippen molar-refractivity contribution in [3.8, 4) is 0 Å². The number of halogens is 2. The standard InChI is InChI=1S/C11H13Cl2NO2/c1-16-8-14(11(15)10(13)7-12)9-5-3-2-4-6-9/h2-6,10H,7-8H2,1H3. The Balaban J connectivity index is 2.87. The molecule has 0 heterocycles. The van der Waals surface area contributed by atoms with Crippen LogP contribution in [0.3, 0.4) is 0 Å². The number of anilines is 1. The highest BCUT2D eigenvalue weighted by Gasteiger charge is 2.22. The summed E-state index contributed by atoms with van der Waals surface area (Å²) in [5, 5.41) is -0.739. The Morgan fingerprint density at radius 1 is 1.44 bits per heavy atom. The number of rotatable bonds is 5. The minimum atomic E-state index is -0.739. The van der Waals surface area contributed by atoms with Crippen LogP contribution in [0.5, 0.6) is 0 Å². The molecule has 1 amide bonds. The van der Waals surface area contributed by atoms with E-state index >= 15 is 0 Å². The molecular formula is C11H13Cl2NO2. The summed E-state index contributed by atoms with van der Waals surface area (Å²) < 4.78 is 4.98. The Bertz CT molecular complexity index is 332. The van der Waals surface area contributed by atoms with Gasteiger partial charge in [-0.1, -0.05) is 18.2 Å². The summed E-state index contributed by atoms with van der Waals surface area (Å²) in [4.78, 5) is 13.4. The van der Waals surface area contributed by atoms with Crippen molar-refractivity contribution in [3.05, 3.63) is 30.3 Å². The fourth-order valence-electron chi connectivity index (χ4n) is 1.24. The minimum Gasteiger partial charge on any atom is -0.364 e. The zero-order valence-corrected chi connectivity index (χ0v) is 10.4. The number of para-hydroxylation sites is 1. The fraction of sp³-hybridized carbons (Fsp3) is 0.364. The molecule has 5 heteroatoms. The number of carbonyl (C=O) groups excluding carboxylic acids is 1. The summed E-state index contributed by atoms with van der Waals surface area (Å²) in [5.41, 5.74) is 0.741. The van der Waals surface area contributed by atoms with Crippen molar-refractivity contribution in [1.29, 1.82) is 0 Å². The number of benzene rings is 1. The number of nitrogens with zero attached hydrogens (tertiary/aromatic N) is 1. The number of carbonyl (C=O) groups is 1. The van der Waals surface area contributed by atoms with Gasteiger partial charge in [0, 0.05) is 18.7 Å². The quantitative estimate of drug-likeness (QED) is 0.602. The van der Waals surface area contributed by atoms with Gasteiger partial charge in [0.1, 0.15) is 12.1 Å². The molecule has 0 N–H and O–H groups in total. The van der Waals surface area contributed by atoms with Crippen molar-refractivity contribution >= 4 is 34.8 Å². The van der Waals surface area contributed by atoms with Crippen molar-refractivity contribution in [3.63, 3.8) is 0 Å². The van der Waals surface area contributed by atoms with Crippen LogP contribution in [0.4, 0.5) is 5.69 Å². The monoisotopic (exact) mass is 261 g/mol. The second-order valence-corrected chi connectivity index (χ2v) is 3.98. The van der Waals surface area contributed by atoms with Gasteiger partial charge in [0.25, 0.3) is 0 Å². The zero-order valence-electron chi connectivity index (χ0n) is 8.90. The van der Waals surface area contributed by atoms with Gasteiger partial charge in [0.05, 0.1) is 0 Å². The van der Waals surface area contributed by atoms with Gasteiger partial charge in [-0.25, -0.2) is 0 Å². The van der Waals surface area contributed by atoms with Crippen LogP contribution in [-0.4, -0.2) is 31.0 Å². The van der Waals surface area contributed by atoms with Crippen molar-refractivity contribution in [1.82, 2.24) is 0 Å². The summed E-state index contributed by atoms with van der Waals surface area (Å²) in [5.74, 6) is -0.183. The lowest BCUT2D eigenvalue weighted by Crippen LogP contribution is -2.39. The van der Waals surface area contributed by atoms with E-state index < -0.39 is 5.38 Å². The average molecular weight is 262 g/mol. The molecule has 0 saturated carbocycles. The molecule has 0 saturated heterocycles. The fourth-order valence-corrected chi connectivity index (χ4v) is 1.49. The lowest BCUT2D eigenvalue weighted by atomic mass is 10.3. The molecule has 0 radical (unpaired) electrons. The Morgan fingerprint density at radius 3 is 2.56 bits per heavy atom. The molecule has 1 atom stereocenters. The zero-order chi connectivity index (χ0) is 12.0. The highest BCUT2D eigenvalue weighted by Crippen LogP contribution is 2.16. The topological polar surface area (TPSA) is 29.5 Å². The molecule has 0 spiro atoms. The van der Waals surface area contributed by atoms with Crippen LogP contribution < -0.4 is 4.90 Å². The van der Waals surface area contributed by atoms with E-state index in [1.807, 2.05) is 30.3 Å². The van der Waals surface area contributed by atoms with Crippen molar-refractivity contribution in [2.45, 2.75) is 5.38 Å². The maximum atomic E-state index is 11.9. The third kappa shape index (κ3) is 3.37. The molecule has 88 valence electrons. The largest absolute Gasteiger partial charge is 0.364 e. The summed E-state index contributed by atoms with van der Waals surface area (Å²) in [6.07, 6.45) is 0. The SMILES string of the molecule is COCN(C(=O)C(Cl)CCl)c1ccccc1. The molecule has 0 bridgehead atoms. The van der Waals surface area contributed by atoms with E-state index in [-0.39, 0.29) is 18.5 Å². The lowest BCUT2D eigenvalue weighted by Gasteiger charge is -2.23. The van der Waals surface area contributed by atoms with Crippen LogP contribution in [0.2, 0.25) is 0 Å². The van der Waals surface area contributed by atoms with Crippen LogP contribution in [0, 0.1) is 0 Å². The Labute approximate surface area is 105 Å². The lowest BCUT2D eigenvalue weighted by molar-refractivity contribution is -0.118. The normalized spacial score (nSPS) is 12.2. The van der Waals surface area contributed by atoms with E-state index in [0.717, 1.165) is 5.69 Å². The minimum absolute atomic E-state index is 0.0768. The summed E-state index contributed by atoms with van der Waals surface area (Å²) in [6.45, 7) is 0.156. The summed E-state index contributed by atoms with van der Waals surface area (Å²) in [6, 6.07) is 9.19. The Morgan fingerprint density at radius 2 is 2.06 bits per heavy atom. The van der Waals surface area contributed by atoms with E-state index in [1.54, 1.807) is 0 Å². The van der Waals surface area contributed by atoms with Gasteiger partial charge in [0.15, 0.2) is 0 Å².